The van der Waals surface area contributed by atoms with Crippen molar-refractivity contribution in [3.8, 4) is 0 Å². The summed E-state index contributed by atoms with van der Waals surface area (Å²) in [5, 5.41) is 3.80. The monoisotopic (exact) mass is 270 g/mol. The van der Waals surface area contributed by atoms with Crippen LogP contribution >= 0.6 is 34.7 Å². The predicted octanol–water partition coefficient (Wildman–Crippen LogP) is 3.98. The third kappa shape index (κ3) is 2.90. The van der Waals surface area contributed by atoms with Crippen molar-refractivity contribution in [3.05, 3.63) is 39.3 Å². The molecule has 5 heteroatoms. The first-order chi connectivity index (χ1) is 7.65. The average molecular weight is 271 g/mol. The lowest BCUT2D eigenvalue weighted by atomic mass is 10.3. The van der Waals surface area contributed by atoms with E-state index in [4.69, 9.17) is 17.3 Å². The zero-order valence-electron chi connectivity index (χ0n) is 8.74. The maximum atomic E-state index is 5.95. The molecular formula is C11H11ClN2S2. The molecule has 0 atom stereocenters. The molecule has 0 unspecified atom stereocenters. The van der Waals surface area contributed by atoms with E-state index in [1.165, 1.54) is 0 Å². The van der Waals surface area contributed by atoms with Crippen molar-refractivity contribution in [1.82, 2.24) is 4.98 Å². The molecule has 2 N–H and O–H groups in total. The summed E-state index contributed by atoms with van der Waals surface area (Å²) >= 11 is 9.34. The third-order valence-corrected chi connectivity index (χ3v) is 4.20. The number of rotatable bonds is 3. The molecular weight excluding hydrogens is 260 g/mol. The van der Waals surface area contributed by atoms with Gasteiger partial charge in [0.25, 0.3) is 0 Å². The van der Waals surface area contributed by atoms with Crippen molar-refractivity contribution in [1.29, 1.82) is 0 Å². The molecule has 0 radical (unpaired) electrons. The van der Waals surface area contributed by atoms with Gasteiger partial charge >= 0.3 is 0 Å². The molecule has 0 spiro atoms. The van der Waals surface area contributed by atoms with Crippen LogP contribution in [0.15, 0.2) is 28.5 Å². The lowest BCUT2D eigenvalue weighted by molar-refractivity contribution is 1.18. The van der Waals surface area contributed by atoms with Gasteiger partial charge in [0.05, 0.1) is 21.4 Å². The van der Waals surface area contributed by atoms with Crippen LogP contribution in [-0.2, 0) is 5.75 Å². The van der Waals surface area contributed by atoms with Crippen LogP contribution in [-0.4, -0.2) is 4.98 Å². The van der Waals surface area contributed by atoms with Crippen molar-refractivity contribution in [2.24, 2.45) is 0 Å². The standard InChI is InChI=1S/C11H11ClN2S2/c1-7-14-8(5-15-7)6-16-9-2-3-11(13)10(12)4-9/h2-5H,6,13H2,1H3. The first-order valence-corrected chi connectivity index (χ1v) is 6.98. The summed E-state index contributed by atoms with van der Waals surface area (Å²) in [6.45, 7) is 2.01. The number of benzene rings is 1. The lowest BCUT2D eigenvalue weighted by Crippen LogP contribution is -1.86. The van der Waals surface area contributed by atoms with Gasteiger partial charge in [0.2, 0.25) is 0 Å². The minimum atomic E-state index is 0.611. The number of hydrogen-bond acceptors (Lipinski definition) is 4. The van der Waals surface area contributed by atoms with Crippen LogP contribution in [0.25, 0.3) is 0 Å². The first-order valence-electron chi connectivity index (χ1n) is 4.74. The van der Waals surface area contributed by atoms with Crippen LogP contribution < -0.4 is 5.73 Å². The SMILES string of the molecule is Cc1nc(CSc2ccc(N)c(Cl)c2)cs1. The Morgan fingerprint density at radius 1 is 1.50 bits per heavy atom. The van der Waals surface area contributed by atoms with E-state index in [1.54, 1.807) is 23.1 Å². The number of anilines is 1. The Morgan fingerprint density at radius 2 is 2.31 bits per heavy atom. The van der Waals surface area contributed by atoms with E-state index in [-0.39, 0.29) is 0 Å². The Hall–Kier alpha value is -0.710. The molecule has 2 rings (SSSR count). The quantitative estimate of drug-likeness (QED) is 0.677. The van der Waals surface area contributed by atoms with Crippen LogP contribution in [0.2, 0.25) is 5.02 Å². The summed E-state index contributed by atoms with van der Waals surface area (Å²) in [6.07, 6.45) is 0. The fraction of sp³-hybridized carbons (Fsp3) is 0.182. The smallest absolute Gasteiger partial charge is 0.0897 e. The third-order valence-electron chi connectivity index (χ3n) is 2.03. The molecule has 0 aliphatic rings. The number of nitrogens with two attached hydrogens (primary N) is 1. The van der Waals surface area contributed by atoms with E-state index in [2.05, 4.69) is 10.4 Å². The van der Waals surface area contributed by atoms with E-state index >= 15 is 0 Å². The Bertz CT molecular complexity index is 496. The molecule has 0 aliphatic carbocycles. The minimum Gasteiger partial charge on any atom is -0.398 e. The van der Waals surface area contributed by atoms with Crippen LogP contribution in [0, 0.1) is 6.92 Å². The second kappa shape index (κ2) is 5.08. The van der Waals surface area contributed by atoms with Crippen LogP contribution in [0.4, 0.5) is 5.69 Å². The number of nitrogen functional groups attached to an aromatic ring is 1. The Balaban J connectivity index is 2.02. The van der Waals surface area contributed by atoms with Crippen molar-refractivity contribution in [2.75, 3.05) is 5.73 Å². The van der Waals surface area contributed by atoms with Gasteiger partial charge in [-0.2, -0.15) is 0 Å². The zero-order chi connectivity index (χ0) is 11.5. The topological polar surface area (TPSA) is 38.9 Å². The van der Waals surface area contributed by atoms with Crippen molar-refractivity contribution >= 4 is 40.4 Å². The summed E-state index contributed by atoms with van der Waals surface area (Å²) < 4.78 is 0. The van der Waals surface area contributed by atoms with Crippen LogP contribution in [0.3, 0.4) is 0 Å². The van der Waals surface area contributed by atoms with Gasteiger partial charge in [-0.15, -0.1) is 23.1 Å². The van der Waals surface area contributed by atoms with Gasteiger partial charge in [-0.3, -0.25) is 0 Å². The summed E-state index contributed by atoms with van der Waals surface area (Å²) in [6, 6.07) is 5.70. The molecule has 1 heterocycles. The fourth-order valence-electron chi connectivity index (χ4n) is 1.23. The number of thioether (sulfide) groups is 1. The van der Waals surface area contributed by atoms with E-state index in [0.717, 1.165) is 21.3 Å². The lowest BCUT2D eigenvalue weighted by Gasteiger charge is -2.02. The fourth-order valence-corrected chi connectivity index (χ4v) is 3.02. The molecule has 2 nitrogen and oxygen atoms in total. The maximum absolute atomic E-state index is 5.95. The number of halogens is 1. The molecule has 0 saturated carbocycles. The molecule has 0 aliphatic heterocycles. The van der Waals surface area contributed by atoms with Crippen molar-refractivity contribution in [2.45, 2.75) is 17.6 Å². The Kier molecular flexibility index (Phi) is 3.74. The molecule has 0 fully saturated rings. The predicted molar refractivity (Wildman–Crippen MR) is 72.3 cm³/mol. The normalized spacial score (nSPS) is 10.6. The summed E-state index contributed by atoms with van der Waals surface area (Å²) in [5.41, 5.74) is 7.38. The van der Waals surface area contributed by atoms with Gasteiger partial charge in [-0.25, -0.2) is 4.98 Å². The first kappa shape index (κ1) is 11.8. The van der Waals surface area contributed by atoms with E-state index in [9.17, 15) is 0 Å². The molecule has 0 saturated heterocycles. The van der Waals surface area contributed by atoms with E-state index < -0.39 is 0 Å². The van der Waals surface area contributed by atoms with Crippen molar-refractivity contribution in [3.63, 3.8) is 0 Å². The van der Waals surface area contributed by atoms with Crippen LogP contribution in [0.1, 0.15) is 10.7 Å². The molecule has 16 heavy (non-hydrogen) atoms. The van der Waals surface area contributed by atoms with Gasteiger partial charge in [-0.05, 0) is 25.1 Å². The number of aromatic nitrogens is 1. The van der Waals surface area contributed by atoms with Gasteiger partial charge in [0.15, 0.2) is 0 Å². The molecule has 1 aromatic heterocycles. The van der Waals surface area contributed by atoms with E-state index in [1.807, 2.05) is 25.1 Å². The number of hydrogen-bond donors (Lipinski definition) is 1. The maximum Gasteiger partial charge on any atom is 0.0897 e. The molecule has 2 aromatic rings. The van der Waals surface area contributed by atoms with E-state index in [0.29, 0.717) is 10.7 Å². The highest BCUT2D eigenvalue weighted by atomic mass is 35.5. The Morgan fingerprint density at radius 3 is 2.94 bits per heavy atom. The van der Waals surface area contributed by atoms with Gasteiger partial charge in [0, 0.05) is 16.0 Å². The summed E-state index contributed by atoms with van der Waals surface area (Å²) in [5.74, 6) is 0.866. The highest BCUT2D eigenvalue weighted by Crippen LogP contribution is 2.28. The second-order valence-electron chi connectivity index (χ2n) is 3.33. The molecule has 0 bridgehead atoms. The molecule has 1 aromatic carbocycles. The van der Waals surface area contributed by atoms with Gasteiger partial charge < -0.3 is 5.73 Å². The minimum absolute atomic E-state index is 0.611. The second-order valence-corrected chi connectivity index (χ2v) is 5.85. The molecule has 84 valence electrons. The molecule has 0 amide bonds. The average Bonchev–Trinajstić information content (AvgIpc) is 2.66. The van der Waals surface area contributed by atoms with Gasteiger partial charge in [0.1, 0.15) is 0 Å². The summed E-state index contributed by atoms with van der Waals surface area (Å²) in [4.78, 5) is 5.52. The Labute approximate surface area is 108 Å². The highest BCUT2D eigenvalue weighted by Gasteiger charge is 2.02. The van der Waals surface area contributed by atoms with Crippen LogP contribution in [0.5, 0.6) is 0 Å². The zero-order valence-corrected chi connectivity index (χ0v) is 11.1. The number of nitrogens with zero attached hydrogens (tertiary/aromatic N) is 1. The van der Waals surface area contributed by atoms with Gasteiger partial charge in [-0.1, -0.05) is 11.6 Å². The highest BCUT2D eigenvalue weighted by molar-refractivity contribution is 7.98. The van der Waals surface area contributed by atoms with Crippen molar-refractivity contribution < 1.29 is 0 Å². The largest absolute Gasteiger partial charge is 0.398 e. The number of aryl methyl sites for hydroxylation is 1. The summed E-state index contributed by atoms with van der Waals surface area (Å²) in [7, 11) is 0. The number of thiazole rings is 1.